The van der Waals surface area contributed by atoms with Crippen LogP contribution in [0, 0.1) is 12.8 Å². The van der Waals surface area contributed by atoms with E-state index in [0.29, 0.717) is 6.04 Å². The Labute approximate surface area is 122 Å². The van der Waals surface area contributed by atoms with Crippen LogP contribution in [0.15, 0.2) is 18.2 Å². The Morgan fingerprint density at radius 2 is 2.16 bits per heavy atom. The largest absolute Gasteiger partial charge is 0.314 e. The Hall–Kier alpha value is -0.530. The van der Waals surface area contributed by atoms with Gasteiger partial charge in [0.15, 0.2) is 0 Å². The molecule has 106 valence electrons. The van der Waals surface area contributed by atoms with Gasteiger partial charge in [-0.05, 0) is 55.8 Å². The van der Waals surface area contributed by atoms with E-state index in [0.717, 1.165) is 23.9 Å². The Morgan fingerprint density at radius 3 is 2.74 bits per heavy atom. The van der Waals surface area contributed by atoms with Crippen molar-refractivity contribution in [2.45, 2.75) is 58.4 Å². The Bertz CT molecular complexity index is 398. The molecular weight excluding hydrogens is 254 g/mol. The monoisotopic (exact) mass is 279 g/mol. The highest BCUT2D eigenvalue weighted by Gasteiger charge is 2.22. The minimum atomic E-state index is 0.588. The SMILES string of the molecule is CCCNC(Cc1ccc(C)cc1Cl)CC1CCC1. The van der Waals surface area contributed by atoms with Crippen LogP contribution in [-0.2, 0) is 6.42 Å². The number of nitrogens with one attached hydrogen (secondary N) is 1. The zero-order chi connectivity index (χ0) is 13.7. The molecule has 19 heavy (non-hydrogen) atoms. The average molecular weight is 280 g/mol. The maximum Gasteiger partial charge on any atom is 0.0441 e. The Balaban J connectivity index is 1.96. The van der Waals surface area contributed by atoms with Crippen molar-refractivity contribution in [3.63, 3.8) is 0 Å². The van der Waals surface area contributed by atoms with E-state index in [1.54, 1.807) is 0 Å². The summed E-state index contributed by atoms with van der Waals surface area (Å²) < 4.78 is 0. The maximum atomic E-state index is 6.36. The zero-order valence-electron chi connectivity index (χ0n) is 12.2. The fourth-order valence-electron chi connectivity index (χ4n) is 2.80. The highest BCUT2D eigenvalue weighted by molar-refractivity contribution is 6.31. The third-order valence-electron chi connectivity index (χ3n) is 4.20. The first-order valence-electron chi connectivity index (χ1n) is 7.67. The van der Waals surface area contributed by atoms with Gasteiger partial charge in [-0.2, -0.15) is 0 Å². The summed E-state index contributed by atoms with van der Waals surface area (Å²) in [5, 5.41) is 4.63. The average Bonchev–Trinajstić information content (AvgIpc) is 2.33. The zero-order valence-corrected chi connectivity index (χ0v) is 13.0. The van der Waals surface area contributed by atoms with Crippen LogP contribution in [0.1, 0.15) is 50.2 Å². The van der Waals surface area contributed by atoms with Gasteiger partial charge in [-0.25, -0.2) is 0 Å². The molecule has 2 heteroatoms. The van der Waals surface area contributed by atoms with Gasteiger partial charge in [0.25, 0.3) is 0 Å². The first kappa shape index (κ1) is 14.9. The molecule has 1 N–H and O–H groups in total. The summed E-state index contributed by atoms with van der Waals surface area (Å²) in [5.74, 6) is 0.943. The van der Waals surface area contributed by atoms with Crippen LogP contribution in [0.3, 0.4) is 0 Å². The van der Waals surface area contributed by atoms with Gasteiger partial charge in [0.1, 0.15) is 0 Å². The van der Waals surface area contributed by atoms with Gasteiger partial charge in [0.05, 0.1) is 0 Å². The fourth-order valence-corrected chi connectivity index (χ4v) is 3.11. The highest BCUT2D eigenvalue weighted by Crippen LogP contribution is 2.31. The van der Waals surface area contributed by atoms with E-state index in [1.807, 2.05) is 0 Å². The lowest BCUT2D eigenvalue weighted by atomic mass is 9.80. The molecule has 0 saturated heterocycles. The number of halogens is 1. The first-order chi connectivity index (χ1) is 9.19. The van der Waals surface area contributed by atoms with E-state index >= 15 is 0 Å². The molecule has 0 radical (unpaired) electrons. The van der Waals surface area contributed by atoms with Crippen molar-refractivity contribution in [3.05, 3.63) is 34.3 Å². The molecule has 1 aromatic carbocycles. The molecule has 1 aliphatic rings. The van der Waals surface area contributed by atoms with E-state index in [-0.39, 0.29) is 0 Å². The van der Waals surface area contributed by atoms with Gasteiger partial charge in [-0.3, -0.25) is 0 Å². The molecule has 1 saturated carbocycles. The van der Waals surface area contributed by atoms with Crippen molar-refractivity contribution in [1.82, 2.24) is 5.32 Å². The Morgan fingerprint density at radius 1 is 1.37 bits per heavy atom. The van der Waals surface area contributed by atoms with Crippen LogP contribution in [0.2, 0.25) is 5.02 Å². The third kappa shape index (κ3) is 4.50. The van der Waals surface area contributed by atoms with Crippen molar-refractivity contribution in [3.8, 4) is 0 Å². The van der Waals surface area contributed by atoms with Gasteiger partial charge in [-0.1, -0.05) is 49.9 Å². The lowest BCUT2D eigenvalue weighted by Crippen LogP contribution is -2.35. The Kier molecular flexibility index (Phi) is 5.72. The molecule has 0 aromatic heterocycles. The number of hydrogen-bond donors (Lipinski definition) is 1. The van der Waals surface area contributed by atoms with Crippen molar-refractivity contribution in [2.75, 3.05) is 6.54 Å². The molecule has 2 rings (SSSR count). The molecule has 1 unspecified atom stereocenters. The lowest BCUT2D eigenvalue weighted by molar-refractivity contribution is 0.259. The minimum absolute atomic E-state index is 0.588. The van der Waals surface area contributed by atoms with Crippen molar-refractivity contribution in [2.24, 2.45) is 5.92 Å². The number of rotatable bonds is 7. The molecule has 0 heterocycles. The van der Waals surface area contributed by atoms with Gasteiger partial charge >= 0.3 is 0 Å². The second-order valence-corrected chi connectivity index (χ2v) is 6.39. The summed E-state index contributed by atoms with van der Waals surface area (Å²) in [6.07, 6.45) is 7.84. The molecule has 1 aromatic rings. The highest BCUT2D eigenvalue weighted by atomic mass is 35.5. The summed E-state index contributed by atoms with van der Waals surface area (Å²) in [6, 6.07) is 7.03. The molecule has 0 bridgehead atoms. The second kappa shape index (κ2) is 7.31. The predicted molar refractivity (Wildman–Crippen MR) is 83.9 cm³/mol. The normalized spacial score (nSPS) is 17.2. The molecule has 1 atom stereocenters. The smallest absolute Gasteiger partial charge is 0.0441 e. The van der Waals surface area contributed by atoms with E-state index < -0.39 is 0 Å². The van der Waals surface area contributed by atoms with Crippen molar-refractivity contribution >= 4 is 11.6 Å². The summed E-state index contributed by atoms with van der Waals surface area (Å²) in [4.78, 5) is 0. The summed E-state index contributed by atoms with van der Waals surface area (Å²) in [6.45, 7) is 5.43. The van der Waals surface area contributed by atoms with Crippen LogP contribution < -0.4 is 5.32 Å². The molecule has 0 spiro atoms. The summed E-state index contributed by atoms with van der Waals surface area (Å²) in [5.41, 5.74) is 2.53. The molecule has 1 nitrogen and oxygen atoms in total. The molecular formula is C17H26ClN. The van der Waals surface area contributed by atoms with Crippen LogP contribution in [0.4, 0.5) is 0 Å². The quantitative estimate of drug-likeness (QED) is 0.759. The molecule has 0 aliphatic heterocycles. The van der Waals surface area contributed by atoms with Gasteiger partial charge < -0.3 is 5.32 Å². The molecule has 1 aliphatic carbocycles. The van der Waals surface area contributed by atoms with Crippen LogP contribution >= 0.6 is 11.6 Å². The third-order valence-corrected chi connectivity index (χ3v) is 4.55. The van der Waals surface area contributed by atoms with E-state index in [2.05, 4.69) is 37.4 Å². The number of hydrogen-bond acceptors (Lipinski definition) is 1. The standard InChI is InChI=1S/C17H26ClN/c1-3-9-19-16(11-14-5-4-6-14)12-15-8-7-13(2)10-17(15)18/h7-8,10,14,16,19H,3-6,9,11-12H2,1-2H3. The van der Waals surface area contributed by atoms with Gasteiger partial charge in [-0.15, -0.1) is 0 Å². The summed E-state index contributed by atoms with van der Waals surface area (Å²) >= 11 is 6.36. The number of aryl methyl sites for hydroxylation is 1. The molecule has 1 fully saturated rings. The molecule has 0 amide bonds. The van der Waals surface area contributed by atoms with Crippen LogP contribution in [-0.4, -0.2) is 12.6 Å². The topological polar surface area (TPSA) is 12.0 Å². The van der Waals surface area contributed by atoms with Gasteiger partial charge in [0.2, 0.25) is 0 Å². The van der Waals surface area contributed by atoms with Crippen molar-refractivity contribution in [1.29, 1.82) is 0 Å². The van der Waals surface area contributed by atoms with E-state index in [1.165, 1.54) is 43.2 Å². The van der Waals surface area contributed by atoms with Crippen molar-refractivity contribution < 1.29 is 0 Å². The van der Waals surface area contributed by atoms with Crippen LogP contribution in [0.25, 0.3) is 0 Å². The van der Waals surface area contributed by atoms with Crippen LogP contribution in [0.5, 0.6) is 0 Å². The second-order valence-electron chi connectivity index (χ2n) is 5.98. The lowest BCUT2D eigenvalue weighted by Gasteiger charge is -2.30. The minimum Gasteiger partial charge on any atom is -0.314 e. The number of benzene rings is 1. The van der Waals surface area contributed by atoms with E-state index in [4.69, 9.17) is 11.6 Å². The summed E-state index contributed by atoms with van der Waals surface area (Å²) in [7, 11) is 0. The predicted octanol–water partition coefficient (Wildman–Crippen LogP) is 4.75. The maximum absolute atomic E-state index is 6.36. The fraction of sp³-hybridized carbons (Fsp3) is 0.647. The van der Waals surface area contributed by atoms with E-state index in [9.17, 15) is 0 Å². The first-order valence-corrected chi connectivity index (χ1v) is 8.05. The van der Waals surface area contributed by atoms with Gasteiger partial charge in [0, 0.05) is 11.1 Å².